The molecule has 2 aromatic heterocycles. The molecule has 1 N–H and O–H groups in total. The lowest BCUT2D eigenvalue weighted by atomic mass is 10.1. The Kier molecular flexibility index (Phi) is 9.13. The number of nitrogens with one attached hydrogen (secondary N) is 1. The molecule has 0 aliphatic carbocycles. The first-order chi connectivity index (χ1) is 19.1. The number of piperidine rings is 1. The molecule has 0 saturated carbocycles. The van der Waals surface area contributed by atoms with Gasteiger partial charge in [-0.2, -0.15) is 0 Å². The van der Waals surface area contributed by atoms with E-state index in [2.05, 4.69) is 31.2 Å². The van der Waals surface area contributed by atoms with E-state index in [-0.39, 0.29) is 12.0 Å². The van der Waals surface area contributed by atoms with Gasteiger partial charge in [0.05, 0.1) is 6.20 Å². The molecule has 4 heterocycles. The molecule has 39 heavy (non-hydrogen) atoms. The van der Waals surface area contributed by atoms with E-state index in [0.29, 0.717) is 30.2 Å². The third kappa shape index (κ3) is 7.84. The molecule has 2 aliphatic rings. The quantitative estimate of drug-likeness (QED) is 0.471. The molecule has 0 spiro atoms. The predicted molar refractivity (Wildman–Crippen MR) is 150 cm³/mol. The molecule has 2 amide bonds. The van der Waals surface area contributed by atoms with Crippen molar-refractivity contribution in [2.45, 2.75) is 32.2 Å². The van der Waals surface area contributed by atoms with Gasteiger partial charge in [0.15, 0.2) is 5.75 Å². The summed E-state index contributed by atoms with van der Waals surface area (Å²) in [5.41, 5.74) is 3.01. The number of likely N-dealkylation sites (tertiary alicyclic amines) is 1. The van der Waals surface area contributed by atoms with Crippen LogP contribution >= 0.6 is 0 Å². The number of hydrogen-bond acceptors (Lipinski definition) is 7. The van der Waals surface area contributed by atoms with Crippen molar-refractivity contribution in [1.82, 2.24) is 24.7 Å². The molecule has 2 saturated heterocycles. The summed E-state index contributed by atoms with van der Waals surface area (Å²) in [7, 11) is 0. The van der Waals surface area contributed by atoms with Crippen LogP contribution in [0.4, 0.5) is 10.6 Å². The van der Waals surface area contributed by atoms with Crippen LogP contribution < -0.4 is 10.1 Å². The van der Waals surface area contributed by atoms with E-state index in [1.807, 2.05) is 36.5 Å². The van der Waals surface area contributed by atoms with Gasteiger partial charge >= 0.3 is 6.09 Å². The van der Waals surface area contributed by atoms with Gasteiger partial charge in [-0.3, -0.25) is 19.6 Å². The normalized spacial score (nSPS) is 16.6. The van der Waals surface area contributed by atoms with Crippen molar-refractivity contribution in [3.63, 3.8) is 0 Å². The fraction of sp³-hybridized carbons (Fsp3) is 0.400. The summed E-state index contributed by atoms with van der Waals surface area (Å²) in [5, 5.41) is 2.81. The summed E-state index contributed by atoms with van der Waals surface area (Å²) in [4.78, 5) is 40.2. The molecule has 9 heteroatoms. The Morgan fingerprint density at radius 3 is 2.31 bits per heavy atom. The molecule has 2 aliphatic heterocycles. The van der Waals surface area contributed by atoms with Gasteiger partial charge in [0, 0.05) is 57.2 Å². The number of aromatic nitrogens is 2. The van der Waals surface area contributed by atoms with Crippen LogP contribution in [0.15, 0.2) is 67.1 Å². The molecule has 204 valence electrons. The fourth-order valence-electron chi connectivity index (χ4n) is 4.99. The van der Waals surface area contributed by atoms with Crippen molar-refractivity contribution in [2.75, 3.05) is 51.1 Å². The van der Waals surface area contributed by atoms with Gasteiger partial charge in [0.1, 0.15) is 5.82 Å². The Morgan fingerprint density at radius 1 is 0.821 bits per heavy atom. The highest BCUT2D eigenvalue weighted by molar-refractivity contribution is 6.03. The molecule has 9 nitrogen and oxygen atoms in total. The van der Waals surface area contributed by atoms with Gasteiger partial charge < -0.3 is 15.0 Å². The van der Waals surface area contributed by atoms with E-state index in [1.54, 1.807) is 23.2 Å². The largest absolute Gasteiger partial charge is 0.415 e. The first kappa shape index (κ1) is 26.8. The number of benzene rings is 1. The molecule has 2 fully saturated rings. The molecule has 0 bridgehead atoms. The Labute approximate surface area is 229 Å². The van der Waals surface area contributed by atoms with E-state index in [4.69, 9.17) is 4.74 Å². The highest BCUT2D eigenvalue weighted by atomic mass is 16.6. The van der Waals surface area contributed by atoms with Crippen molar-refractivity contribution in [3.05, 3.63) is 83.8 Å². The van der Waals surface area contributed by atoms with Gasteiger partial charge in [-0.15, -0.1) is 0 Å². The highest BCUT2D eigenvalue weighted by Crippen LogP contribution is 2.17. The number of piperazine rings is 1. The minimum atomic E-state index is -0.384. The number of anilines is 1. The molecule has 0 unspecified atom stereocenters. The first-order valence-corrected chi connectivity index (χ1v) is 13.8. The lowest BCUT2D eigenvalue weighted by Crippen LogP contribution is -2.49. The van der Waals surface area contributed by atoms with Crippen molar-refractivity contribution in [3.8, 4) is 5.75 Å². The number of rotatable bonds is 8. The highest BCUT2D eigenvalue weighted by Gasteiger charge is 2.22. The van der Waals surface area contributed by atoms with Crippen LogP contribution in [0.1, 0.15) is 40.7 Å². The number of ether oxygens (including phenoxy) is 1. The van der Waals surface area contributed by atoms with E-state index in [1.165, 1.54) is 36.6 Å². The van der Waals surface area contributed by atoms with Crippen molar-refractivity contribution >= 4 is 17.8 Å². The van der Waals surface area contributed by atoms with Crippen LogP contribution in [0.5, 0.6) is 5.75 Å². The SMILES string of the molecule is O=C(Nc1ccc(OC(=O)N2CCN(CCc3cccnc3)CC2)cn1)c1ccc(CN2CCCCC2)cc1. The molecular formula is C30H36N6O3. The third-order valence-electron chi connectivity index (χ3n) is 7.32. The number of amides is 2. The van der Waals surface area contributed by atoms with E-state index < -0.39 is 0 Å². The summed E-state index contributed by atoms with van der Waals surface area (Å²) >= 11 is 0. The maximum atomic E-state index is 12.7. The summed E-state index contributed by atoms with van der Waals surface area (Å²) in [6, 6.07) is 15.0. The lowest BCUT2D eigenvalue weighted by molar-refractivity contribution is 0.102. The number of nitrogens with zero attached hydrogens (tertiary/aromatic N) is 5. The Bertz CT molecular complexity index is 1210. The van der Waals surface area contributed by atoms with Gasteiger partial charge in [-0.1, -0.05) is 24.6 Å². The van der Waals surface area contributed by atoms with Crippen LogP contribution in [-0.4, -0.2) is 82.5 Å². The zero-order chi connectivity index (χ0) is 26.9. The van der Waals surface area contributed by atoms with Gasteiger partial charge in [-0.25, -0.2) is 9.78 Å². The molecule has 0 atom stereocenters. The second-order valence-corrected chi connectivity index (χ2v) is 10.2. The minimum Gasteiger partial charge on any atom is -0.409 e. The zero-order valence-electron chi connectivity index (χ0n) is 22.3. The van der Waals surface area contributed by atoms with Gasteiger partial charge in [0.25, 0.3) is 5.91 Å². The van der Waals surface area contributed by atoms with Gasteiger partial charge in [-0.05, 0) is 73.8 Å². The Morgan fingerprint density at radius 2 is 1.62 bits per heavy atom. The molecular weight excluding hydrogens is 492 g/mol. The molecule has 0 radical (unpaired) electrons. The van der Waals surface area contributed by atoms with Gasteiger partial charge in [0.2, 0.25) is 0 Å². The summed E-state index contributed by atoms with van der Waals surface area (Å²) in [6.07, 6.45) is 9.53. The summed E-state index contributed by atoms with van der Waals surface area (Å²) in [6.45, 7) is 6.98. The molecule has 3 aromatic rings. The summed E-state index contributed by atoms with van der Waals surface area (Å²) < 4.78 is 5.52. The first-order valence-electron chi connectivity index (χ1n) is 13.8. The average Bonchev–Trinajstić information content (AvgIpc) is 2.99. The Balaban J connectivity index is 1.04. The van der Waals surface area contributed by atoms with Crippen LogP contribution in [0.3, 0.4) is 0 Å². The monoisotopic (exact) mass is 528 g/mol. The molecule has 1 aromatic carbocycles. The molecule has 5 rings (SSSR count). The van der Waals surface area contributed by atoms with Crippen molar-refractivity contribution < 1.29 is 14.3 Å². The number of pyridine rings is 2. The van der Waals surface area contributed by atoms with Crippen molar-refractivity contribution in [1.29, 1.82) is 0 Å². The second kappa shape index (κ2) is 13.3. The fourth-order valence-corrected chi connectivity index (χ4v) is 4.99. The standard InChI is InChI=1S/C30H36N6O3/c37-29(26-8-6-25(7-9-26)23-35-14-2-1-3-15-35)33-28-11-10-27(22-32-28)39-30(38)36-19-17-34(18-20-36)16-12-24-5-4-13-31-21-24/h4-11,13,21-22H,1-3,12,14-20,23H2,(H,32,33,37). The second-order valence-electron chi connectivity index (χ2n) is 10.2. The van der Waals surface area contributed by atoms with E-state index >= 15 is 0 Å². The predicted octanol–water partition coefficient (Wildman–Crippen LogP) is 4.07. The number of hydrogen-bond donors (Lipinski definition) is 1. The van der Waals surface area contributed by atoms with E-state index in [9.17, 15) is 9.59 Å². The van der Waals surface area contributed by atoms with Crippen LogP contribution in [0.25, 0.3) is 0 Å². The van der Waals surface area contributed by atoms with Crippen LogP contribution in [0.2, 0.25) is 0 Å². The lowest BCUT2D eigenvalue weighted by Gasteiger charge is -2.33. The van der Waals surface area contributed by atoms with E-state index in [0.717, 1.165) is 45.7 Å². The zero-order valence-corrected chi connectivity index (χ0v) is 22.3. The van der Waals surface area contributed by atoms with Crippen LogP contribution in [0, 0.1) is 0 Å². The number of carbonyl (C=O) groups excluding carboxylic acids is 2. The number of carbonyl (C=O) groups is 2. The average molecular weight is 529 g/mol. The Hall–Kier alpha value is -3.82. The van der Waals surface area contributed by atoms with Crippen molar-refractivity contribution in [2.24, 2.45) is 0 Å². The smallest absolute Gasteiger partial charge is 0.409 e. The maximum Gasteiger partial charge on any atom is 0.415 e. The minimum absolute atomic E-state index is 0.224. The summed E-state index contributed by atoms with van der Waals surface area (Å²) in [5.74, 6) is 0.525. The van der Waals surface area contributed by atoms with Crippen LogP contribution in [-0.2, 0) is 13.0 Å². The third-order valence-corrected chi connectivity index (χ3v) is 7.32. The topological polar surface area (TPSA) is 90.9 Å². The maximum absolute atomic E-state index is 12.7.